The summed E-state index contributed by atoms with van der Waals surface area (Å²) in [7, 11) is 2.26. The summed E-state index contributed by atoms with van der Waals surface area (Å²) in [5, 5.41) is 8.40. The summed E-state index contributed by atoms with van der Waals surface area (Å²) in [5.41, 5.74) is -0.0681. The van der Waals surface area contributed by atoms with Crippen molar-refractivity contribution in [3.8, 4) is 0 Å². The predicted molar refractivity (Wildman–Crippen MR) is 93.4 cm³/mol. The van der Waals surface area contributed by atoms with Gasteiger partial charge in [0, 0.05) is 12.0 Å². The molecule has 0 N–H and O–H groups in total. The van der Waals surface area contributed by atoms with Gasteiger partial charge in [-0.15, -0.1) is 10.2 Å². The van der Waals surface area contributed by atoms with Crippen molar-refractivity contribution in [1.82, 2.24) is 20.0 Å². The highest BCUT2D eigenvalue weighted by atomic mass is 16.4. The lowest BCUT2D eigenvalue weighted by Crippen LogP contribution is -2.37. The summed E-state index contributed by atoms with van der Waals surface area (Å²) < 4.78 is 5.81. The van der Waals surface area contributed by atoms with E-state index in [2.05, 4.69) is 54.7 Å². The number of piperidine rings is 1. The van der Waals surface area contributed by atoms with Crippen LogP contribution in [0, 0.1) is 5.92 Å². The first-order chi connectivity index (χ1) is 10.9. The molecule has 132 valence electrons. The number of rotatable bonds is 7. The maximum absolute atomic E-state index is 5.81. The molecule has 0 bridgehead atoms. The Hall–Kier alpha value is -0.940. The Morgan fingerprint density at radius 2 is 1.91 bits per heavy atom. The molecule has 1 fully saturated rings. The van der Waals surface area contributed by atoms with E-state index in [4.69, 9.17) is 4.42 Å². The molecule has 0 spiro atoms. The normalized spacial score (nSPS) is 18.0. The quantitative estimate of drug-likeness (QED) is 0.770. The number of aromatic nitrogens is 2. The lowest BCUT2D eigenvalue weighted by Gasteiger charge is -2.33. The SMILES string of the molecule is CCCCN(C)CC1CCN(Cc2nnc(C(C)(C)C)o2)CC1. The summed E-state index contributed by atoms with van der Waals surface area (Å²) in [6.07, 6.45) is 5.14. The molecule has 1 saturated heterocycles. The molecule has 0 atom stereocenters. The molecule has 0 saturated carbocycles. The second-order valence-corrected chi connectivity index (χ2v) is 8.09. The van der Waals surface area contributed by atoms with Gasteiger partial charge >= 0.3 is 0 Å². The topological polar surface area (TPSA) is 45.4 Å². The molecule has 2 rings (SSSR count). The number of hydrogen-bond donors (Lipinski definition) is 0. The number of hydrogen-bond acceptors (Lipinski definition) is 5. The minimum absolute atomic E-state index is 0.0681. The Morgan fingerprint density at radius 1 is 1.22 bits per heavy atom. The molecule has 0 radical (unpaired) electrons. The van der Waals surface area contributed by atoms with Crippen molar-refractivity contribution in [2.75, 3.05) is 33.2 Å². The monoisotopic (exact) mass is 322 g/mol. The van der Waals surface area contributed by atoms with E-state index in [1.807, 2.05) is 0 Å². The summed E-state index contributed by atoms with van der Waals surface area (Å²) in [6.45, 7) is 14.1. The summed E-state index contributed by atoms with van der Waals surface area (Å²) in [5.74, 6) is 2.33. The van der Waals surface area contributed by atoms with Crippen LogP contribution in [0.1, 0.15) is 65.2 Å². The smallest absolute Gasteiger partial charge is 0.230 e. The average Bonchev–Trinajstić information content (AvgIpc) is 2.96. The van der Waals surface area contributed by atoms with Crippen molar-refractivity contribution in [3.63, 3.8) is 0 Å². The maximum atomic E-state index is 5.81. The standard InChI is InChI=1S/C18H34N4O/c1-6-7-10-21(5)13-15-8-11-22(12-9-15)14-16-19-20-17(23-16)18(2,3)4/h15H,6-14H2,1-5H3. The van der Waals surface area contributed by atoms with E-state index in [9.17, 15) is 0 Å². The summed E-state index contributed by atoms with van der Waals surface area (Å²) >= 11 is 0. The molecule has 5 heteroatoms. The van der Waals surface area contributed by atoms with Gasteiger partial charge in [-0.3, -0.25) is 4.90 Å². The van der Waals surface area contributed by atoms with Gasteiger partial charge < -0.3 is 9.32 Å². The van der Waals surface area contributed by atoms with E-state index in [1.165, 1.54) is 38.8 Å². The van der Waals surface area contributed by atoms with Crippen molar-refractivity contribution < 1.29 is 4.42 Å². The van der Waals surface area contributed by atoms with Crippen molar-refractivity contribution in [1.29, 1.82) is 0 Å². The average molecular weight is 322 g/mol. The van der Waals surface area contributed by atoms with Gasteiger partial charge in [0.15, 0.2) is 0 Å². The van der Waals surface area contributed by atoms with Crippen LogP contribution in [0.5, 0.6) is 0 Å². The first-order valence-corrected chi connectivity index (χ1v) is 9.12. The van der Waals surface area contributed by atoms with Crippen LogP contribution in [-0.4, -0.2) is 53.2 Å². The third-order valence-corrected chi connectivity index (χ3v) is 4.64. The second kappa shape index (κ2) is 8.25. The first kappa shape index (κ1) is 18.4. The van der Waals surface area contributed by atoms with Crippen molar-refractivity contribution >= 4 is 0 Å². The number of nitrogens with zero attached hydrogens (tertiary/aromatic N) is 4. The molecule has 0 unspecified atom stereocenters. The fourth-order valence-electron chi connectivity index (χ4n) is 3.10. The highest BCUT2D eigenvalue weighted by molar-refractivity contribution is 4.96. The Morgan fingerprint density at radius 3 is 2.48 bits per heavy atom. The minimum atomic E-state index is -0.0681. The molecular formula is C18H34N4O. The zero-order valence-corrected chi connectivity index (χ0v) is 15.6. The molecule has 1 aromatic heterocycles. The van der Waals surface area contributed by atoms with Gasteiger partial charge in [0.1, 0.15) is 0 Å². The molecule has 23 heavy (non-hydrogen) atoms. The van der Waals surface area contributed by atoms with Gasteiger partial charge in [-0.25, -0.2) is 0 Å². The van der Waals surface area contributed by atoms with Crippen LogP contribution in [0.15, 0.2) is 4.42 Å². The molecular weight excluding hydrogens is 288 g/mol. The van der Waals surface area contributed by atoms with E-state index >= 15 is 0 Å². The third kappa shape index (κ3) is 5.88. The predicted octanol–water partition coefficient (Wildman–Crippen LogP) is 3.31. The molecule has 1 aliphatic rings. The second-order valence-electron chi connectivity index (χ2n) is 8.09. The summed E-state index contributed by atoms with van der Waals surface area (Å²) in [4.78, 5) is 4.94. The highest BCUT2D eigenvalue weighted by Gasteiger charge is 2.24. The van der Waals surface area contributed by atoms with Crippen LogP contribution >= 0.6 is 0 Å². The van der Waals surface area contributed by atoms with Gasteiger partial charge in [-0.2, -0.15) is 0 Å². The lowest BCUT2D eigenvalue weighted by atomic mass is 9.96. The molecule has 0 aromatic carbocycles. The van der Waals surface area contributed by atoms with E-state index < -0.39 is 0 Å². The third-order valence-electron chi connectivity index (χ3n) is 4.64. The van der Waals surface area contributed by atoms with Crippen LogP contribution in [0.2, 0.25) is 0 Å². The zero-order chi connectivity index (χ0) is 16.9. The van der Waals surface area contributed by atoms with E-state index in [-0.39, 0.29) is 5.41 Å². The van der Waals surface area contributed by atoms with Crippen LogP contribution < -0.4 is 0 Å². The van der Waals surface area contributed by atoms with Gasteiger partial charge in [-0.1, -0.05) is 34.1 Å². The number of unbranched alkanes of at least 4 members (excludes halogenated alkanes) is 1. The van der Waals surface area contributed by atoms with E-state index in [1.54, 1.807) is 0 Å². The van der Waals surface area contributed by atoms with Crippen LogP contribution in [0.4, 0.5) is 0 Å². The Kier molecular flexibility index (Phi) is 6.60. The van der Waals surface area contributed by atoms with Gasteiger partial charge in [-0.05, 0) is 51.9 Å². The summed E-state index contributed by atoms with van der Waals surface area (Å²) in [6, 6.07) is 0. The minimum Gasteiger partial charge on any atom is -0.423 e. The van der Waals surface area contributed by atoms with Crippen molar-refractivity contribution in [2.45, 2.75) is 65.3 Å². The van der Waals surface area contributed by atoms with Crippen LogP contribution in [0.25, 0.3) is 0 Å². The Labute approximate surface area is 141 Å². The largest absolute Gasteiger partial charge is 0.423 e. The molecule has 1 aliphatic heterocycles. The van der Waals surface area contributed by atoms with Gasteiger partial charge in [0.2, 0.25) is 11.8 Å². The fraction of sp³-hybridized carbons (Fsp3) is 0.889. The van der Waals surface area contributed by atoms with Crippen molar-refractivity contribution in [2.24, 2.45) is 5.92 Å². The Balaban J connectivity index is 1.73. The molecule has 5 nitrogen and oxygen atoms in total. The Bertz CT molecular complexity index is 458. The fourth-order valence-corrected chi connectivity index (χ4v) is 3.10. The molecule has 2 heterocycles. The first-order valence-electron chi connectivity index (χ1n) is 9.12. The molecule has 1 aromatic rings. The van der Waals surface area contributed by atoms with Crippen molar-refractivity contribution in [3.05, 3.63) is 11.8 Å². The van der Waals surface area contributed by atoms with E-state index in [0.29, 0.717) is 0 Å². The highest BCUT2D eigenvalue weighted by Crippen LogP contribution is 2.23. The van der Waals surface area contributed by atoms with E-state index in [0.717, 1.165) is 37.3 Å². The van der Waals surface area contributed by atoms with Crippen LogP contribution in [-0.2, 0) is 12.0 Å². The zero-order valence-electron chi connectivity index (χ0n) is 15.6. The van der Waals surface area contributed by atoms with Gasteiger partial charge in [0.25, 0.3) is 0 Å². The lowest BCUT2D eigenvalue weighted by molar-refractivity contribution is 0.138. The number of likely N-dealkylation sites (tertiary alicyclic amines) is 1. The maximum Gasteiger partial charge on any atom is 0.230 e. The molecule has 0 amide bonds. The molecule has 0 aliphatic carbocycles. The van der Waals surface area contributed by atoms with Crippen LogP contribution in [0.3, 0.4) is 0 Å². The van der Waals surface area contributed by atoms with Gasteiger partial charge in [0.05, 0.1) is 6.54 Å².